The van der Waals surface area contributed by atoms with Gasteiger partial charge in [-0.15, -0.1) is 0 Å². The summed E-state index contributed by atoms with van der Waals surface area (Å²) in [6, 6.07) is 3.52. The molecule has 2 N–H and O–H groups in total. The molecule has 0 saturated carbocycles. The first kappa shape index (κ1) is 17.2. The van der Waals surface area contributed by atoms with E-state index in [0.717, 1.165) is 6.42 Å². The first-order valence-electron chi connectivity index (χ1n) is 6.65. The van der Waals surface area contributed by atoms with Crippen LogP contribution >= 0.6 is 11.6 Å². The van der Waals surface area contributed by atoms with Crippen molar-refractivity contribution in [3.05, 3.63) is 40.7 Å². The van der Waals surface area contributed by atoms with Crippen LogP contribution in [0.4, 0.5) is 4.39 Å². The molecule has 1 atom stereocenters. The zero-order valence-electron chi connectivity index (χ0n) is 12.0. The summed E-state index contributed by atoms with van der Waals surface area (Å²) in [6.45, 7) is 4.12. The number of benzene rings is 1. The second kappa shape index (κ2) is 8.42. The van der Waals surface area contributed by atoms with Gasteiger partial charge in [-0.05, 0) is 37.1 Å². The average molecular weight is 313 g/mol. The van der Waals surface area contributed by atoms with Crippen molar-refractivity contribution >= 4 is 29.5 Å². The topological polar surface area (TPSA) is 58.2 Å². The number of nitrogens with one attached hydrogen (secondary N) is 2. The molecule has 0 aliphatic carbocycles. The van der Waals surface area contributed by atoms with Crippen LogP contribution < -0.4 is 10.6 Å². The molecule has 0 fully saturated rings. The second-order valence-corrected chi connectivity index (χ2v) is 4.94. The molecule has 21 heavy (non-hydrogen) atoms. The highest BCUT2D eigenvalue weighted by molar-refractivity contribution is 6.30. The van der Waals surface area contributed by atoms with Crippen LogP contribution in [-0.2, 0) is 9.59 Å². The Morgan fingerprint density at radius 1 is 1.43 bits per heavy atom. The Labute approximate surface area is 128 Å². The minimum atomic E-state index is -0.620. The first-order valence-corrected chi connectivity index (χ1v) is 7.03. The van der Waals surface area contributed by atoms with E-state index in [4.69, 9.17) is 11.6 Å². The number of carbonyl (C=O) groups is 2. The van der Waals surface area contributed by atoms with Crippen LogP contribution in [0.25, 0.3) is 6.08 Å². The van der Waals surface area contributed by atoms with E-state index in [0.29, 0.717) is 12.1 Å². The molecule has 0 radical (unpaired) electrons. The van der Waals surface area contributed by atoms with Gasteiger partial charge in [0.05, 0.1) is 5.02 Å². The van der Waals surface area contributed by atoms with Gasteiger partial charge in [-0.25, -0.2) is 4.39 Å². The predicted molar refractivity (Wildman–Crippen MR) is 81.3 cm³/mol. The molecule has 0 heterocycles. The molecule has 4 nitrogen and oxygen atoms in total. The van der Waals surface area contributed by atoms with Crippen molar-refractivity contribution in [3.8, 4) is 0 Å². The molecule has 6 heteroatoms. The lowest BCUT2D eigenvalue weighted by atomic mass is 10.2. The largest absolute Gasteiger partial charge is 0.354 e. The Morgan fingerprint density at radius 3 is 2.76 bits per heavy atom. The van der Waals surface area contributed by atoms with E-state index in [1.54, 1.807) is 6.92 Å². The lowest BCUT2D eigenvalue weighted by Crippen LogP contribution is -2.44. The van der Waals surface area contributed by atoms with Crippen LogP contribution in [0.5, 0.6) is 0 Å². The van der Waals surface area contributed by atoms with Crippen molar-refractivity contribution in [2.75, 3.05) is 6.54 Å². The van der Waals surface area contributed by atoms with Crippen molar-refractivity contribution in [1.82, 2.24) is 10.6 Å². The van der Waals surface area contributed by atoms with Crippen LogP contribution in [0.3, 0.4) is 0 Å². The molecule has 0 aliphatic heterocycles. The molecule has 0 spiro atoms. The number of hydrogen-bond donors (Lipinski definition) is 2. The molecule has 0 bridgehead atoms. The molecule has 0 unspecified atom stereocenters. The Kier molecular flexibility index (Phi) is 6.88. The fraction of sp³-hybridized carbons (Fsp3) is 0.333. The van der Waals surface area contributed by atoms with Crippen molar-refractivity contribution in [2.24, 2.45) is 0 Å². The zero-order valence-corrected chi connectivity index (χ0v) is 12.7. The Bertz CT molecular complexity index is 546. The lowest BCUT2D eigenvalue weighted by Gasteiger charge is -2.12. The molecule has 2 amide bonds. The molecule has 0 saturated heterocycles. The highest BCUT2D eigenvalue weighted by Crippen LogP contribution is 2.16. The standard InChI is InChI=1S/C15H18ClFN2O2/c1-3-8-18-15(21)10(2)19-14(20)7-5-11-4-6-13(17)12(16)9-11/h4-7,9-10H,3,8H2,1-2H3,(H,18,21)(H,19,20)/b7-5+/t10-/m1/s1. The van der Waals surface area contributed by atoms with Crippen molar-refractivity contribution in [3.63, 3.8) is 0 Å². The Balaban J connectivity index is 2.54. The van der Waals surface area contributed by atoms with E-state index in [9.17, 15) is 14.0 Å². The van der Waals surface area contributed by atoms with Crippen molar-refractivity contribution in [1.29, 1.82) is 0 Å². The van der Waals surface area contributed by atoms with E-state index in [1.807, 2.05) is 6.92 Å². The second-order valence-electron chi connectivity index (χ2n) is 4.53. The summed E-state index contributed by atoms with van der Waals surface area (Å²) in [4.78, 5) is 23.3. The summed E-state index contributed by atoms with van der Waals surface area (Å²) in [5.41, 5.74) is 0.597. The number of rotatable bonds is 6. The molecule has 0 aromatic heterocycles. The van der Waals surface area contributed by atoms with Crippen LogP contribution in [-0.4, -0.2) is 24.4 Å². The maximum atomic E-state index is 13.0. The van der Waals surface area contributed by atoms with Gasteiger partial charge in [0.1, 0.15) is 11.9 Å². The first-order chi connectivity index (χ1) is 9.93. The summed E-state index contributed by atoms with van der Waals surface area (Å²) in [7, 11) is 0. The van der Waals surface area contributed by atoms with Crippen LogP contribution in [0.1, 0.15) is 25.8 Å². The third-order valence-electron chi connectivity index (χ3n) is 2.67. The SMILES string of the molecule is CCCNC(=O)[C@@H](C)NC(=O)/C=C/c1ccc(F)c(Cl)c1. The molecule has 114 valence electrons. The molecular formula is C15H18ClFN2O2. The van der Waals surface area contributed by atoms with Gasteiger partial charge in [0.15, 0.2) is 0 Å². The van der Waals surface area contributed by atoms with Crippen LogP contribution in [0, 0.1) is 5.82 Å². The van der Waals surface area contributed by atoms with Gasteiger partial charge >= 0.3 is 0 Å². The van der Waals surface area contributed by atoms with E-state index in [1.165, 1.54) is 30.4 Å². The van der Waals surface area contributed by atoms with E-state index < -0.39 is 17.8 Å². The van der Waals surface area contributed by atoms with Gasteiger partial charge in [0.25, 0.3) is 0 Å². The van der Waals surface area contributed by atoms with Gasteiger partial charge in [0, 0.05) is 12.6 Å². The van der Waals surface area contributed by atoms with Gasteiger partial charge in [-0.1, -0.05) is 24.6 Å². The normalized spacial score (nSPS) is 12.2. The lowest BCUT2D eigenvalue weighted by molar-refractivity contribution is -0.126. The average Bonchev–Trinajstić information content (AvgIpc) is 2.45. The number of amides is 2. The summed E-state index contributed by atoms with van der Waals surface area (Å²) in [5, 5.41) is 5.22. The van der Waals surface area contributed by atoms with E-state index in [2.05, 4.69) is 10.6 Å². The third-order valence-corrected chi connectivity index (χ3v) is 2.96. The maximum Gasteiger partial charge on any atom is 0.244 e. The number of carbonyl (C=O) groups excluding carboxylic acids is 2. The van der Waals surface area contributed by atoms with Gasteiger partial charge in [-0.2, -0.15) is 0 Å². The molecule has 0 aliphatic rings. The summed E-state index contributed by atoms with van der Waals surface area (Å²) in [5.74, 6) is -1.16. The molecule has 1 rings (SSSR count). The van der Waals surface area contributed by atoms with Gasteiger partial charge in [-0.3, -0.25) is 9.59 Å². The van der Waals surface area contributed by atoms with Crippen LogP contribution in [0.2, 0.25) is 5.02 Å². The van der Waals surface area contributed by atoms with Gasteiger partial charge < -0.3 is 10.6 Å². The fourth-order valence-electron chi connectivity index (χ4n) is 1.52. The fourth-order valence-corrected chi connectivity index (χ4v) is 1.71. The molecule has 1 aromatic rings. The minimum absolute atomic E-state index is 0.00938. The predicted octanol–water partition coefficient (Wildman–Crippen LogP) is 2.52. The summed E-state index contributed by atoms with van der Waals surface area (Å²) in [6.07, 6.45) is 3.60. The third kappa shape index (κ3) is 5.95. The molecular weight excluding hydrogens is 295 g/mol. The van der Waals surface area contributed by atoms with Gasteiger partial charge in [0.2, 0.25) is 11.8 Å². The Hall–Kier alpha value is -1.88. The molecule has 1 aromatic carbocycles. The quantitative estimate of drug-likeness (QED) is 0.793. The minimum Gasteiger partial charge on any atom is -0.354 e. The number of hydrogen-bond acceptors (Lipinski definition) is 2. The summed E-state index contributed by atoms with van der Waals surface area (Å²) < 4.78 is 13.0. The highest BCUT2D eigenvalue weighted by Gasteiger charge is 2.13. The maximum absolute atomic E-state index is 13.0. The van der Waals surface area contributed by atoms with Crippen molar-refractivity contribution in [2.45, 2.75) is 26.3 Å². The Morgan fingerprint density at radius 2 is 2.14 bits per heavy atom. The number of halogens is 2. The van der Waals surface area contributed by atoms with E-state index >= 15 is 0 Å². The van der Waals surface area contributed by atoms with Crippen LogP contribution in [0.15, 0.2) is 24.3 Å². The van der Waals surface area contributed by atoms with E-state index in [-0.39, 0.29) is 10.9 Å². The monoisotopic (exact) mass is 312 g/mol. The highest BCUT2D eigenvalue weighted by atomic mass is 35.5. The summed E-state index contributed by atoms with van der Waals surface area (Å²) >= 11 is 5.64. The zero-order chi connectivity index (χ0) is 15.8. The smallest absolute Gasteiger partial charge is 0.244 e. The van der Waals surface area contributed by atoms with Crippen molar-refractivity contribution < 1.29 is 14.0 Å².